The lowest BCUT2D eigenvalue weighted by Crippen LogP contribution is -2.49. The van der Waals surface area contributed by atoms with E-state index in [9.17, 15) is 9.59 Å². The number of ketones is 1. The van der Waals surface area contributed by atoms with Gasteiger partial charge in [0.05, 0.1) is 19.8 Å². The molecule has 5 nitrogen and oxygen atoms in total. The van der Waals surface area contributed by atoms with E-state index in [0.29, 0.717) is 6.61 Å². The van der Waals surface area contributed by atoms with Crippen molar-refractivity contribution in [3.63, 3.8) is 0 Å². The van der Waals surface area contributed by atoms with Gasteiger partial charge >= 0.3 is 5.97 Å². The quantitative estimate of drug-likeness (QED) is 0.618. The molecule has 0 saturated carbocycles. The second-order valence-corrected chi connectivity index (χ2v) is 5.63. The predicted octanol–water partition coefficient (Wildman–Crippen LogP) is 1.93. The Kier molecular flexibility index (Phi) is 4.88. The molecule has 1 aromatic heterocycles. The Balaban J connectivity index is 2.31. The van der Waals surface area contributed by atoms with Crippen molar-refractivity contribution < 1.29 is 19.1 Å². The molecule has 0 aromatic carbocycles. The first-order valence-electron chi connectivity index (χ1n) is 6.46. The number of halogens is 1. The molecule has 2 heterocycles. The molecule has 1 aliphatic rings. The number of hydrogen-bond donors (Lipinski definition) is 0. The zero-order valence-electron chi connectivity index (χ0n) is 11.2. The lowest BCUT2D eigenvalue weighted by Gasteiger charge is -2.33. The third-order valence-electron chi connectivity index (χ3n) is 3.29. The number of pyridine rings is 1. The number of carbonyl (C=O) groups excluding carboxylic acids is 2. The highest BCUT2D eigenvalue weighted by molar-refractivity contribution is 9.10. The van der Waals surface area contributed by atoms with E-state index in [2.05, 4.69) is 20.9 Å². The molecular weight excluding hydrogens is 326 g/mol. The van der Waals surface area contributed by atoms with E-state index < -0.39 is 11.4 Å². The molecule has 2 rings (SSSR count). The summed E-state index contributed by atoms with van der Waals surface area (Å²) in [5.74, 6) is -0.633. The lowest BCUT2D eigenvalue weighted by atomic mass is 9.76. The number of rotatable bonds is 4. The first-order chi connectivity index (χ1) is 9.58. The van der Waals surface area contributed by atoms with Gasteiger partial charge in [0.15, 0.2) is 11.2 Å². The summed E-state index contributed by atoms with van der Waals surface area (Å²) >= 11 is 3.33. The van der Waals surface area contributed by atoms with Gasteiger partial charge < -0.3 is 9.47 Å². The smallest absolute Gasteiger partial charge is 0.322 e. The van der Waals surface area contributed by atoms with Gasteiger partial charge in [-0.05, 0) is 40.9 Å². The minimum absolute atomic E-state index is 0.0666. The van der Waals surface area contributed by atoms with Crippen LogP contribution >= 0.6 is 15.9 Å². The van der Waals surface area contributed by atoms with Crippen LogP contribution in [0.3, 0.4) is 0 Å². The van der Waals surface area contributed by atoms with Crippen LogP contribution in [-0.2, 0) is 25.5 Å². The molecule has 0 bridgehead atoms. The van der Waals surface area contributed by atoms with Gasteiger partial charge in [-0.3, -0.25) is 14.6 Å². The molecule has 1 atom stereocenters. The van der Waals surface area contributed by atoms with Crippen LogP contribution in [0.15, 0.2) is 22.9 Å². The summed E-state index contributed by atoms with van der Waals surface area (Å²) in [6, 6.07) is 1.84. The monoisotopic (exact) mass is 341 g/mol. The highest BCUT2D eigenvalue weighted by Gasteiger charge is 2.49. The maximum atomic E-state index is 12.3. The van der Waals surface area contributed by atoms with Crippen molar-refractivity contribution in [2.75, 3.05) is 19.8 Å². The molecule has 20 heavy (non-hydrogen) atoms. The Hall–Kier alpha value is -1.27. The second kappa shape index (κ2) is 6.45. The lowest BCUT2D eigenvalue weighted by molar-refractivity contribution is -0.169. The molecule has 1 aromatic rings. The molecule has 1 fully saturated rings. The van der Waals surface area contributed by atoms with Crippen LogP contribution in [0.1, 0.15) is 18.9 Å². The topological polar surface area (TPSA) is 65.5 Å². The number of nitrogens with zero attached hydrogens (tertiary/aromatic N) is 1. The number of hydrogen-bond acceptors (Lipinski definition) is 5. The molecule has 1 unspecified atom stereocenters. The van der Waals surface area contributed by atoms with Crippen molar-refractivity contribution in [1.29, 1.82) is 0 Å². The Labute approximate surface area is 125 Å². The maximum Gasteiger partial charge on any atom is 0.322 e. The molecule has 1 saturated heterocycles. The van der Waals surface area contributed by atoms with Crippen molar-refractivity contribution in [2.24, 2.45) is 5.41 Å². The summed E-state index contributed by atoms with van der Waals surface area (Å²) in [6.07, 6.45) is 3.78. The van der Waals surface area contributed by atoms with Crippen molar-refractivity contribution in [1.82, 2.24) is 4.98 Å². The molecule has 6 heteroatoms. The van der Waals surface area contributed by atoms with Gasteiger partial charge in [-0.15, -0.1) is 0 Å². The summed E-state index contributed by atoms with van der Waals surface area (Å²) in [5, 5.41) is 0. The Morgan fingerprint density at radius 2 is 2.35 bits per heavy atom. The molecule has 1 aliphatic heterocycles. The van der Waals surface area contributed by atoms with Crippen molar-refractivity contribution >= 4 is 27.7 Å². The average molecular weight is 342 g/mol. The molecule has 0 amide bonds. The number of carbonyl (C=O) groups is 2. The van der Waals surface area contributed by atoms with Crippen molar-refractivity contribution in [3.8, 4) is 0 Å². The molecule has 0 aliphatic carbocycles. The highest BCUT2D eigenvalue weighted by Crippen LogP contribution is 2.31. The van der Waals surface area contributed by atoms with Gasteiger partial charge in [0.25, 0.3) is 0 Å². The SMILES string of the molecule is CCOC(=O)C1(Cc2cncc(Br)c2)COCCC1=O. The van der Waals surface area contributed by atoms with Crippen LogP contribution in [0.5, 0.6) is 0 Å². The third kappa shape index (κ3) is 3.07. The Bertz CT molecular complexity index is 520. The van der Waals surface area contributed by atoms with Gasteiger partial charge in [0.1, 0.15) is 0 Å². The third-order valence-corrected chi connectivity index (χ3v) is 3.72. The molecule has 108 valence electrons. The second-order valence-electron chi connectivity index (χ2n) is 4.72. The van der Waals surface area contributed by atoms with Crippen molar-refractivity contribution in [2.45, 2.75) is 19.8 Å². The van der Waals surface area contributed by atoms with E-state index in [1.54, 1.807) is 19.3 Å². The number of esters is 1. The Morgan fingerprint density at radius 1 is 1.55 bits per heavy atom. The summed E-state index contributed by atoms with van der Waals surface area (Å²) in [7, 11) is 0. The van der Waals surface area contributed by atoms with Crippen LogP contribution in [0.4, 0.5) is 0 Å². The average Bonchev–Trinajstić information content (AvgIpc) is 2.42. The number of aromatic nitrogens is 1. The van der Waals surface area contributed by atoms with Crippen LogP contribution in [0, 0.1) is 5.41 Å². The number of Topliss-reactive ketones (excluding diaryl/α,β-unsaturated/α-hetero) is 1. The van der Waals surface area contributed by atoms with Crippen LogP contribution in [0.2, 0.25) is 0 Å². The fraction of sp³-hybridized carbons (Fsp3) is 0.500. The van der Waals surface area contributed by atoms with Crippen molar-refractivity contribution in [3.05, 3.63) is 28.5 Å². The minimum atomic E-state index is -1.24. The molecule has 0 N–H and O–H groups in total. The summed E-state index contributed by atoms with van der Waals surface area (Å²) in [4.78, 5) is 28.6. The van der Waals surface area contributed by atoms with Crippen LogP contribution in [0.25, 0.3) is 0 Å². The van der Waals surface area contributed by atoms with Gasteiger partial charge in [-0.1, -0.05) is 0 Å². The van der Waals surface area contributed by atoms with E-state index in [4.69, 9.17) is 9.47 Å². The summed E-state index contributed by atoms with van der Waals surface area (Å²) < 4.78 is 11.3. The Morgan fingerprint density at radius 3 is 3.00 bits per heavy atom. The zero-order chi connectivity index (χ0) is 14.6. The fourth-order valence-electron chi connectivity index (χ4n) is 2.30. The fourth-order valence-corrected chi connectivity index (χ4v) is 2.71. The molecular formula is C14H16BrNO4. The van der Waals surface area contributed by atoms with E-state index in [1.807, 2.05) is 6.07 Å². The zero-order valence-corrected chi connectivity index (χ0v) is 12.8. The first kappa shape index (κ1) is 15.1. The van der Waals surface area contributed by atoms with E-state index in [1.165, 1.54) is 0 Å². The molecule has 0 radical (unpaired) electrons. The highest BCUT2D eigenvalue weighted by atomic mass is 79.9. The standard InChI is InChI=1S/C14H16BrNO4/c1-2-20-13(18)14(9-19-4-3-12(14)17)6-10-5-11(15)8-16-7-10/h5,7-8H,2-4,6,9H2,1H3. The van der Waals surface area contributed by atoms with E-state index in [-0.39, 0.29) is 31.8 Å². The molecule has 0 spiro atoms. The summed E-state index contributed by atoms with van der Waals surface area (Å²) in [5.41, 5.74) is -0.442. The van der Waals surface area contributed by atoms with E-state index >= 15 is 0 Å². The first-order valence-corrected chi connectivity index (χ1v) is 7.25. The largest absolute Gasteiger partial charge is 0.465 e. The summed E-state index contributed by atoms with van der Waals surface area (Å²) in [6.45, 7) is 2.39. The van der Waals surface area contributed by atoms with Crippen LogP contribution < -0.4 is 0 Å². The van der Waals surface area contributed by atoms with Gasteiger partial charge in [0.2, 0.25) is 0 Å². The number of ether oxygens (including phenoxy) is 2. The van der Waals surface area contributed by atoms with Gasteiger partial charge in [-0.2, -0.15) is 0 Å². The van der Waals surface area contributed by atoms with E-state index in [0.717, 1.165) is 10.0 Å². The van der Waals surface area contributed by atoms with Gasteiger partial charge in [-0.25, -0.2) is 0 Å². The minimum Gasteiger partial charge on any atom is -0.465 e. The predicted molar refractivity (Wildman–Crippen MR) is 75.2 cm³/mol. The van der Waals surface area contributed by atoms with Crippen LogP contribution in [-0.4, -0.2) is 36.6 Å². The maximum absolute atomic E-state index is 12.3. The normalized spacial score (nSPS) is 22.6. The van der Waals surface area contributed by atoms with Gasteiger partial charge in [0, 0.05) is 23.3 Å².